The molecule has 0 radical (unpaired) electrons. The van der Waals surface area contributed by atoms with Crippen LogP contribution in [-0.4, -0.2) is 26.1 Å². The molecule has 1 amide bonds. The van der Waals surface area contributed by atoms with E-state index in [2.05, 4.69) is 25.6 Å². The molecular weight excluding hydrogens is 427 g/mol. The van der Waals surface area contributed by atoms with Crippen LogP contribution in [0.2, 0.25) is 5.02 Å². The molecule has 0 fully saturated rings. The number of aromatic nitrogens is 3. The lowest BCUT2D eigenvalue weighted by Crippen LogP contribution is -2.23. The number of anilines is 4. The summed E-state index contributed by atoms with van der Waals surface area (Å²) >= 11 is 7.46. The van der Waals surface area contributed by atoms with Gasteiger partial charge in [0.05, 0.1) is 11.0 Å². The first-order chi connectivity index (χ1) is 14.3. The van der Waals surface area contributed by atoms with Crippen molar-refractivity contribution >= 4 is 52.5 Å². The van der Waals surface area contributed by atoms with Crippen LogP contribution in [0.1, 0.15) is 18.3 Å². The van der Waals surface area contributed by atoms with Crippen LogP contribution in [0.5, 0.6) is 0 Å². The van der Waals surface area contributed by atoms with Gasteiger partial charge in [0.25, 0.3) is 0 Å². The molecule has 0 aliphatic rings. The fourth-order valence-corrected chi connectivity index (χ4v) is 3.39. The van der Waals surface area contributed by atoms with Crippen LogP contribution in [0.15, 0.2) is 42.5 Å². The summed E-state index contributed by atoms with van der Waals surface area (Å²) in [5.41, 5.74) is 7.88. The van der Waals surface area contributed by atoms with Crippen molar-refractivity contribution in [3.05, 3.63) is 64.7 Å². The van der Waals surface area contributed by atoms with Crippen molar-refractivity contribution in [2.75, 3.05) is 16.4 Å². The Morgan fingerprint density at radius 3 is 2.67 bits per heavy atom. The Morgan fingerprint density at radius 1 is 1.20 bits per heavy atom. The second-order valence-corrected chi connectivity index (χ2v) is 8.16. The van der Waals surface area contributed by atoms with Crippen LogP contribution in [0, 0.1) is 12.7 Å². The Balaban J connectivity index is 1.61. The first kappa shape index (κ1) is 21.8. The zero-order valence-corrected chi connectivity index (χ0v) is 17.9. The molecule has 0 saturated carbocycles. The number of carbonyl (C=O) groups excluding carboxylic acids is 1. The van der Waals surface area contributed by atoms with Gasteiger partial charge in [0.1, 0.15) is 11.6 Å². The third kappa shape index (κ3) is 5.80. The van der Waals surface area contributed by atoms with Crippen LogP contribution < -0.4 is 16.4 Å². The molecule has 7 nitrogen and oxygen atoms in total. The molecule has 4 N–H and O–H groups in total. The van der Waals surface area contributed by atoms with Gasteiger partial charge in [-0.1, -0.05) is 17.7 Å². The van der Waals surface area contributed by atoms with Gasteiger partial charge in [-0.05, 0) is 55.8 Å². The molecule has 0 aliphatic heterocycles. The van der Waals surface area contributed by atoms with Crippen molar-refractivity contribution in [2.24, 2.45) is 0 Å². The highest BCUT2D eigenvalue weighted by molar-refractivity contribution is 7.99. The molecule has 3 aromatic rings. The number of halogens is 2. The van der Waals surface area contributed by atoms with Crippen molar-refractivity contribution in [3.63, 3.8) is 0 Å². The molecule has 156 valence electrons. The maximum absolute atomic E-state index is 13.0. The number of rotatable bonds is 7. The molecule has 10 heteroatoms. The monoisotopic (exact) mass is 446 g/mol. The second-order valence-electron chi connectivity index (χ2n) is 6.42. The van der Waals surface area contributed by atoms with Gasteiger partial charge in [-0.15, -0.1) is 11.8 Å². The maximum atomic E-state index is 13.0. The molecule has 3 rings (SSSR count). The molecule has 0 bridgehead atoms. The summed E-state index contributed by atoms with van der Waals surface area (Å²) in [6, 6.07) is 11.1. The predicted molar refractivity (Wildman–Crippen MR) is 119 cm³/mol. The number of amides is 1. The quantitative estimate of drug-likeness (QED) is 0.488. The van der Waals surface area contributed by atoms with Gasteiger partial charge >= 0.3 is 0 Å². The van der Waals surface area contributed by atoms with Crippen molar-refractivity contribution in [2.45, 2.75) is 24.9 Å². The van der Waals surface area contributed by atoms with Crippen molar-refractivity contribution < 1.29 is 9.18 Å². The molecule has 0 aliphatic carbocycles. The highest BCUT2D eigenvalue weighted by Gasteiger charge is 2.16. The topological polar surface area (TPSA) is 106 Å². The van der Waals surface area contributed by atoms with Crippen LogP contribution in [0.3, 0.4) is 0 Å². The van der Waals surface area contributed by atoms with E-state index in [-0.39, 0.29) is 28.9 Å². The Kier molecular flexibility index (Phi) is 7.07. The number of benzene rings is 2. The smallest absolute Gasteiger partial charge is 0.237 e. The Morgan fingerprint density at radius 2 is 1.93 bits per heavy atom. The van der Waals surface area contributed by atoms with E-state index in [0.717, 1.165) is 5.56 Å². The molecule has 1 atom stereocenters. The fourth-order valence-electron chi connectivity index (χ4n) is 2.47. The van der Waals surface area contributed by atoms with Gasteiger partial charge in [-0.25, -0.2) is 4.39 Å². The maximum Gasteiger partial charge on any atom is 0.237 e. The van der Waals surface area contributed by atoms with E-state index in [4.69, 9.17) is 17.3 Å². The van der Waals surface area contributed by atoms with Gasteiger partial charge < -0.3 is 16.4 Å². The zero-order valence-electron chi connectivity index (χ0n) is 16.3. The average molecular weight is 447 g/mol. The molecule has 2 aromatic carbocycles. The lowest BCUT2D eigenvalue weighted by atomic mass is 10.2. The first-order valence-corrected chi connectivity index (χ1v) is 10.4. The molecule has 1 unspecified atom stereocenters. The number of nitrogen functional groups attached to an aromatic ring is 1. The van der Waals surface area contributed by atoms with E-state index in [1.165, 1.54) is 23.9 Å². The summed E-state index contributed by atoms with van der Waals surface area (Å²) < 4.78 is 13.0. The molecule has 0 saturated heterocycles. The van der Waals surface area contributed by atoms with Gasteiger partial charge in [-0.3, -0.25) is 4.79 Å². The fraction of sp³-hybridized carbons (Fsp3) is 0.200. The van der Waals surface area contributed by atoms with Gasteiger partial charge in [-0.2, -0.15) is 15.0 Å². The third-order valence-electron chi connectivity index (χ3n) is 4.16. The number of thioether (sulfide) groups is 1. The lowest BCUT2D eigenvalue weighted by molar-refractivity contribution is -0.115. The van der Waals surface area contributed by atoms with Gasteiger partial charge in [0, 0.05) is 16.4 Å². The number of hydrogen-bond donors (Lipinski definition) is 3. The van der Waals surface area contributed by atoms with E-state index >= 15 is 0 Å². The van der Waals surface area contributed by atoms with Crippen LogP contribution in [0.25, 0.3) is 0 Å². The summed E-state index contributed by atoms with van der Waals surface area (Å²) in [5.74, 6) is 0.586. The third-order valence-corrected chi connectivity index (χ3v) is 5.71. The Bertz CT molecular complexity index is 1050. The van der Waals surface area contributed by atoms with Crippen molar-refractivity contribution in [1.82, 2.24) is 15.0 Å². The zero-order chi connectivity index (χ0) is 21.7. The number of hydrogen-bond acceptors (Lipinski definition) is 7. The summed E-state index contributed by atoms with van der Waals surface area (Å²) in [6.07, 6.45) is 0. The first-order valence-electron chi connectivity index (χ1n) is 9.02. The number of nitrogens with one attached hydrogen (secondary N) is 2. The molecule has 0 spiro atoms. The summed E-state index contributed by atoms with van der Waals surface area (Å²) in [4.78, 5) is 25.0. The normalized spacial score (nSPS) is 11.7. The Labute approximate surface area is 182 Å². The van der Waals surface area contributed by atoms with E-state index in [0.29, 0.717) is 28.0 Å². The summed E-state index contributed by atoms with van der Waals surface area (Å²) in [5, 5.41) is 6.07. The highest BCUT2D eigenvalue weighted by Crippen LogP contribution is 2.25. The molecular formula is C20H20ClFN6OS. The SMILES string of the molecule is Cc1c(Cl)cccc1NC(=O)C(C)SCc1nc(N)nc(Nc2ccc(F)cc2)n1. The van der Waals surface area contributed by atoms with Crippen molar-refractivity contribution in [1.29, 1.82) is 0 Å². The van der Waals surface area contributed by atoms with E-state index in [9.17, 15) is 9.18 Å². The molecule has 30 heavy (non-hydrogen) atoms. The average Bonchev–Trinajstić information content (AvgIpc) is 2.71. The van der Waals surface area contributed by atoms with Crippen molar-refractivity contribution in [3.8, 4) is 0 Å². The van der Waals surface area contributed by atoms with Gasteiger partial charge in [0.15, 0.2) is 0 Å². The van der Waals surface area contributed by atoms with E-state index in [1.807, 2.05) is 6.92 Å². The van der Waals surface area contributed by atoms with E-state index in [1.54, 1.807) is 37.3 Å². The number of nitrogens with two attached hydrogens (primary N) is 1. The minimum absolute atomic E-state index is 0.0527. The second kappa shape index (κ2) is 9.73. The number of carbonyl (C=O) groups is 1. The number of nitrogens with zero attached hydrogens (tertiary/aromatic N) is 3. The summed E-state index contributed by atoms with van der Waals surface area (Å²) in [6.45, 7) is 3.64. The molecule has 1 aromatic heterocycles. The Hall–Kier alpha value is -2.91. The highest BCUT2D eigenvalue weighted by atomic mass is 35.5. The van der Waals surface area contributed by atoms with Crippen LogP contribution >= 0.6 is 23.4 Å². The van der Waals surface area contributed by atoms with Crippen LogP contribution in [-0.2, 0) is 10.5 Å². The standard InChI is InChI=1S/C20H20ClFN6OS/c1-11-15(21)4-3-5-16(11)25-18(29)12(2)30-10-17-26-19(23)28-20(27-17)24-14-8-6-13(22)7-9-14/h3-9,12H,10H2,1-2H3,(H,25,29)(H3,23,24,26,27,28). The largest absolute Gasteiger partial charge is 0.368 e. The van der Waals surface area contributed by atoms with Gasteiger partial charge in [0.2, 0.25) is 17.8 Å². The minimum Gasteiger partial charge on any atom is -0.368 e. The summed E-state index contributed by atoms with van der Waals surface area (Å²) in [7, 11) is 0. The molecule has 1 heterocycles. The minimum atomic E-state index is -0.366. The lowest BCUT2D eigenvalue weighted by Gasteiger charge is -2.14. The predicted octanol–water partition coefficient (Wildman–Crippen LogP) is 4.56. The van der Waals surface area contributed by atoms with Crippen LogP contribution in [0.4, 0.5) is 27.7 Å². The van der Waals surface area contributed by atoms with E-state index < -0.39 is 0 Å².